The van der Waals surface area contributed by atoms with Crippen LogP contribution in [0.25, 0.3) is 0 Å². The van der Waals surface area contributed by atoms with Gasteiger partial charge in [-0.15, -0.1) is 0 Å². The number of hydrogen-bond donors (Lipinski definition) is 1. The van der Waals surface area contributed by atoms with Crippen molar-refractivity contribution in [1.29, 1.82) is 0 Å². The summed E-state index contributed by atoms with van der Waals surface area (Å²) in [7, 11) is 1.62. The van der Waals surface area contributed by atoms with E-state index in [1.165, 1.54) is 11.8 Å². The van der Waals surface area contributed by atoms with Crippen molar-refractivity contribution in [3.8, 4) is 11.5 Å². The number of nitrogens with zero attached hydrogens (tertiary/aromatic N) is 1. The van der Waals surface area contributed by atoms with E-state index in [0.717, 1.165) is 29.0 Å². The van der Waals surface area contributed by atoms with Gasteiger partial charge in [0.05, 0.1) is 19.6 Å². The Labute approximate surface area is 163 Å². The molecule has 1 heterocycles. The van der Waals surface area contributed by atoms with Gasteiger partial charge in [0.15, 0.2) is 5.76 Å². The van der Waals surface area contributed by atoms with Crippen molar-refractivity contribution in [3.05, 3.63) is 83.3 Å². The van der Waals surface area contributed by atoms with Crippen LogP contribution in [0.4, 0.5) is 0 Å². The van der Waals surface area contributed by atoms with Crippen molar-refractivity contribution < 1.29 is 18.7 Å². The highest BCUT2D eigenvalue weighted by Gasteiger charge is 2.07. The fourth-order valence-electron chi connectivity index (χ4n) is 2.60. The maximum atomic E-state index is 11.8. The molecule has 0 aliphatic heterocycles. The van der Waals surface area contributed by atoms with Gasteiger partial charge in [-0.25, -0.2) is 5.43 Å². The Morgan fingerprint density at radius 1 is 1.18 bits per heavy atom. The van der Waals surface area contributed by atoms with Crippen molar-refractivity contribution in [1.82, 2.24) is 5.43 Å². The van der Waals surface area contributed by atoms with Crippen LogP contribution in [-0.4, -0.2) is 19.2 Å². The zero-order valence-corrected chi connectivity index (χ0v) is 15.8. The lowest BCUT2D eigenvalue weighted by Crippen LogP contribution is -2.16. The molecule has 0 radical (unpaired) electrons. The summed E-state index contributed by atoms with van der Waals surface area (Å²) in [6, 6.07) is 16.8. The summed E-state index contributed by atoms with van der Waals surface area (Å²) in [5.41, 5.74) is 5.37. The van der Waals surface area contributed by atoms with Gasteiger partial charge < -0.3 is 13.9 Å². The second-order valence-corrected chi connectivity index (χ2v) is 6.03. The lowest BCUT2D eigenvalue weighted by atomic mass is 10.1. The number of benzene rings is 2. The molecule has 6 nitrogen and oxygen atoms in total. The summed E-state index contributed by atoms with van der Waals surface area (Å²) in [5.74, 6) is 1.31. The van der Waals surface area contributed by atoms with E-state index >= 15 is 0 Å². The van der Waals surface area contributed by atoms with Gasteiger partial charge in [-0.1, -0.05) is 19.1 Å². The number of carbonyl (C=O) groups excluding carboxylic acids is 1. The van der Waals surface area contributed by atoms with E-state index in [2.05, 4.69) is 29.6 Å². The first kappa shape index (κ1) is 19.2. The molecule has 2 aromatic carbocycles. The predicted molar refractivity (Wildman–Crippen MR) is 107 cm³/mol. The van der Waals surface area contributed by atoms with Crippen LogP contribution in [0.2, 0.25) is 0 Å². The maximum Gasteiger partial charge on any atom is 0.307 e. The van der Waals surface area contributed by atoms with Crippen molar-refractivity contribution in [2.45, 2.75) is 20.0 Å². The van der Waals surface area contributed by atoms with Crippen LogP contribution < -0.4 is 14.9 Å². The van der Waals surface area contributed by atoms with Crippen molar-refractivity contribution in [2.75, 3.05) is 7.11 Å². The molecule has 28 heavy (non-hydrogen) atoms. The summed E-state index contributed by atoms with van der Waals surface area (Å²) in [6.45, 7) is 2.47. The normalized spacial score (nSPS) is 10.8. The van der Waals surface area contributed by atoms with Crippen LogP contribution >= 0.6 is 0 Å². The third-order valence-electron chi connectivity index (χ3n) is 4.16. The highest BCUT2D eigenvalue weighted by atomic mass is 16.5. The molecule has 1 aromatic heterocycles. The number of aryl methyl sites for hydroxylation is 1. The Morgan fingerprint density at radius 3 is 2.68 bits per heavy atom. The molecular formula is C22H22N2O4. The molecule has 0 unspecified atom stereocenters. The first-order valence-corrected chi connectivity index (χ1v) is 8.95. The Hall–Kier alpha value is -3.54. The molecule has 0 bridgehead atoms. The van der Waals surface area contributed by atoms with E-state index in [1.54, 1.807) is 25.5 Å². The number of ether oxygens (including phenoxy) is 2. The minimum atomic E-state index is -0.408. The average molecular weight is 378 g/mol. The average Bonchev–Trinajstić information content (AvgIpc) is 3.28. The molecule has 3 aromatic rings. The zero-order chi connectivity index (χ0) is 19.8. The van der Waals surface area contributed by atoms with E-state index in [9.17, 15) is 4.79 Å². The molecule has 0 atom stereocenters. The molecule has 0 saturated carbocycles. The largest absolute Gasteiger partial charge is 0.496 e. The van der Waals surface area contributed by atoms with Crippen molar-refractivity contribution in [2.24, 2.45) is 5.10 Å². The second kappa shape index (κ2) is 9.41. The van der Waals surface area contributed by atoms with Gasteiger partial charge in [-0.05, 0) is 60.0 Å². The minimum Gasteiger partial charge on any atom is -0.496 e. The fourth-order valence-corrected chi connectivity index (χ4v) is 2.60. The van der Waals surface area contributed by atoms with Gasteiger partial charge in [0.25, 0.3) is 0 Å². The summed E-state index contributed by atoms with van der Waals surface area (Å²) in [5, 5.41) is 3.97. The Kier molecular flexibility index (Phi) is 6.46. The van der Waals surface area contributed by atoms with Crippen LogP contribution in [0.15, 0.2) is 70.4 Å². The second-order valence-electron chi connectivity index (χ2n) is 6.03. The number of methoxy groups -OCH3 is 1. The first-order chi connectivity index (χ1) is 13.7. The Balaban J connectivity index is 1.65. The minimum absolute atomic E-state index is 0.204. The van der Waals surface area contributed by atoms with E-state index in [-0.39, 0.29) is 5.76 Å². The van der Waals surface area contributed by atoms with Gasteiger partial charge >= 0.3 is 5.91 Å². The van der Waals surface area contributed by atoms with E-state index in [1.807, 2.05) is 30.3 Å². The molecule has 0 fully saturated rings. The quantitative estimate of drug-likeness (QED) is 0.471. The number of amides is 1. The van der Waals surface area contributed by atoms with E-state index in [0.29, 0.717) is 6.61 Å². The number of nitrogens with one attached hydrogen (secondary N) is 1. The van der Waals surface area contributed by atoms with Crippen molar-refractivity contribution in [3.63, 3.8) is 0 Å². The number of furan rings is 1. The summed E-state index contributed by atoms with van der Waals surface area (Å²) < 4.78 is 16.3. The van der Waals surface area contributed by atoms with Crippen LogP contribution in [0, 0.1) is 0 Å². The SMILES string of the molecule is CCc1ccc(OCc2cc(C=NNC(=O)c3ccco3)ccc2OC)cc1. The Morgan fingerprint density at radius 2 is 2.00 bits per heavy atom. The molecule has 0 aliphatic rings. The van der Waals surface area contributed by atoms with E-state index < -0.39 is 5.91 Å². The number of rotatable bonds is 8. The van der Waals surface area contributed by atoms with Crippen LogP contribution in [-0.2, 0) is 13.0 Å². The lowest BCUT2D eigenvalue weighted by Gasteiger charge is -2.11. The summed E-state index contributed by atoms with van der Waals surface area (Å²) >= 11 is 0. The highest BCUT2D eigenvalue weighted by molar-refractivity contribution is 5.92. The van der Waals surface area contributed by atoms with Gasteiger partial charge in [0.1, 0.15) is 18.1 Å². The van der Waals surface area contributed by atoms with Crippen LogP contribution in [0.1, 0.15) is 34.2 Å². The zero-order valence-electron chi connectivity index (χ0n) is 15.8. The van der Waals surface area contributed by atoms with Gasteiger partial charge in [0, 0.05) is 5.56 Å². The van der Waals surface area contributed by atoms with E-state index in [4.69, 9.17) is 13.9 Å². The third kappa shape index (κ3) is 5.01. The van der Waals surface area contributed by atoms with Crippen LogP contribution in [0.5, 0.6) is 11.5 Å². The smallest absolute Gasteiger partial charge is 0.307 e. The number of hydrazone groups is 1. The maximum absolute atomic E-state index is 11.8. The number of carbonyl (C=O) groups is 1. The molecule has 1 N–H and O–H groups in total. The van der Waals surface area contributed by atoms with Gasteiger partial charge in [-0.3, -0.25) is 4.79 Å². The van der Waals surface area contributed by atoms with Gasteiger partial charge in [0.2, 0.25) is 0 Å². The van der Waals surface area contributed by atoms with Crippen LogP contribution in [0.3, 0.4) is 0 Å². The standard InChI is InChI=1S/C22H22N2O4/c1-3-16-6-9-19(10-7-16)28-15-18-13-17(8-11-20(18)26-2)14-23-24-22(25)21-5-4-12-27-21/h4-14H,3,15H2,1-2H3,(H,24,25). The highest BCUT2D eigenvalue weighted by Crippen LogP contribution is 2.22. The predicted octanol–water partition coefficient (Wildman–Crippen LogP) is 4.19. The first-order valence-electron chi connectivity index (χ1n) is 8.95. The molecule has 1 amide bonds. The fraction of sp³-hybridized carbons (Fsp3) is 0.182. The lowest BCUT2D eigenvalue weighted by molar-refractivity contribution is 0.0927. The Bertz CT molecular complexity index is 932. The summed E-state index contributed by atoms with van der Waals surface area (Å²) in [6.07, 6.45) is 3.98. The molecule has 6 heteroatoms. The molecule has 3 rings (SSSR count). The monoisotopic (exact) mass is 378 g/mol. The van der Waals surface area contributed by atoms with Crippen molar-refractivity contribution >= 4 is 12.1 Å². The summed E-state index contributed by atoms with van der Waals surface area (Å²) in [4.78, 5) is 11.8. The molecule has 0 spiro atoms. The number of hydrogen-bond acceptors (Lipinski definition) is 5. The molecular weight excluding hydrogens is 356 g/mol. The topological polar surface area (TPSA) is 73.1 Å². The molecule has 144 valence electrons. The third-order valence-corrected chi connectivity index (χ3v) is 4.16. The molecule has 0 aliphatic carbocycles. The van der Waals surface area contributed by atoms with Gasteiger partial charge in [-0.2, -0.15) is 5.10 Å². The molecule has 0 saturated heterocycles.